The summed E-state index contributed by atoms with van der Waals surface area (Å²) in [5, 5.41) is 16.2. The van der Waals surface area contributed by atoms with E-state index in [9.17, 15) is 14.7 Å². The molecular formula is C53H44N2O3S2. The smallest absolute Gasteiger partial charge is 0.323 e. The fourth-order valence-corrected chi connectivity index (χ4v) is 11.2. The number of carboxylic acid groups (broad SMARTS) is 1. The first-order valence-corrected chi connectivity index (χ1v) is 22.1. The van der Waals surface area contributed by atoms with E-state index in [1.165, 1.54) is 79.3 Å². The van der Waals surface area contributed by atoms with Crippen LogP contribution >= 0.6 is 24.0 Å². The van der Waals surface area contributed by atoms with Gasteiger partial charge in [-0.2, -0.15) is 0 Å². The predicted octanol–water partition coefficient (Wildman–Crippen LogP) is 13.6. The molecule has 0 unspecified atom stereocenters. The van der Waals surface area contributed by atoms with E-state index in [4.69, 9.17) is 12.2 Å². The average molecular weight is 821 g/mol. The second-order valence-electron chi connectivity index (χ2n) is 16.6. The minimum Gasteiger partial charge on any atom is -0.480 e. The van der Waals surface area contributed by atoms with Crippen molar-refractivity contribution in [3.63, 3.8) is 0 Å². The van der Waals surface area contributed by atoms with Crippen molar-refractivity contribution in [3.05, 3.63) is 149 Å². The molecule has 0 saturated carbocycles. The summed E-state index contributed by atoms with van der Waals surface area (Å²) in [4.78, 5) is 26.7. The topological polar surface area (TPSA) is 62.5 Å². The summed E-state index contributed by atoms with van der Waals surface area (Å²) in [6.45, 7) is 7.51. The number of unbranched alkanes of at least 4 members (excludes halogenated alkanes) is 3. The first-order chi connectivity index (χ1) is 29.2. The lowest BCUT2D eigenvalue weighted by Crippen LogP contribution is -2.33. The highest BCUT2D eigenvalue weighted by Crippen LogP contribution is 2.56. The lowest BCUT2D eigenvalue weighted by molar-refractivity contribution is -0.140. The summed E-state index contributed by atoms with van der Waals surface area (Å²) in [5.74, 6) is -1.48. The lowest BCUT2D eigenvalue weighted by atomic mass is 9.81. The number of benzene rings is 7. The normalized spacial score (nSPS) is 15.2. The molecule has 60 heavy (non-hydrogen) atoms. The number of carboxylic acids is 1. The van der Waals surface area contributed by atoms with E-state index in [-0.39, 0.29) is 15.6 Å². The maximum absolute atomic E-state index is 13.5. The Morgan fingerprint density at radius 3 is 2.07 bits per heavy atom. The van der Waals surface area contributed by atoms with Crippen LogP contribution in [0, 0.1) is 0 Å². The number of amides is 1. The van der Waals surface area contributed by atoms with Gasteiger partial charge in [0.05, 0.1) is 10.4 Å². The Morgan fingerprint density at radius 1 is 0.700 bits per heavy atom. The Kier molecular flexibility index (Phi) is 9.49. The third-order valence-corrected chi connectivity index (χ3v) is 14.1. The summed E-state index contributed by atoms with van der Waals surface area (Å²) in [6.07, 6.45) is 6.62. The Hall–Kier alpha value is -6.02. The SMILES string of the molecule is CCCCCCn1c2ccc(-c3c4ccccc4c(/C=C4\SC(=S)N(CC(=O)O)C4=O)c4ccccc34)cc2c2c(-c3ccccc3)c3c(cc21)C(C)(C)c1ccccc1-3. The number of rotatable bonds is 10. The first-order valence-electron chi connectivity index (χ1n) is 20.9. The minimum absolute atomic E-state index is 0.158. The Labute approximate surface area is 359 Å². The van der Waals surface area contributed by atoms with Crippen LogP contribution in [0.1, 0.15) is 63.1 Å². The molecule has 1 aliphatic carbocycles. The Balaban J connectivity index is 1.27. The maximum Gasteiger partial charge on any atom is 0.323 e. The molecule has 296 valence electrons. The molecule has 0 spiro atoms. The fraction of sp³-hybridized carbons (Fsp3) is 0.189. The number of carbonyl (C=O) groups excluding carboxylic acids is 1. The van der Waals surface area contributed by atoms with E-state index in [0.29, 0.717) is 4.91 Å². The number of fused-ring (bicyclic) bond motifs is 8. The zero-order chi connectivity index (χ0) is 41.3. The first kappa shape index (κ1) is 38.2. The van der Waals surface area contributed by atoms with Crippen LogP contribution in [0.4, 0.5) is 0 Å². The van der Waals surface area contributed by atoms with Gasteiger partial charge in [-0.05, 0) is 102 Å². The molecule has 5 nitrogen and oxygen atoms in total. The van der Waals surface area contributed by atoms with Gasteiger partial charge in [-0.15, -0.1) is 0 Å². The molecule has 1 fully saturated rings. The number of hydrogen-bond donors (Lipinski definition) is 1. The van der Waals surface area contributed by atoms with Gasteiger partial charge in [0, 0.05) is 28.2 Å². The molecule has 0 radical (unpaired) electrons. The number of aromatic nitrogens is 1. The van der Waals surface area contributed by atoms with E-state index < -0.39 is 12.5 Å². The van der Waals surface area contributed by atoms with Gasteiger partial charge >= 0.3 is 5.97 Å². The number of nitrogens with zero attached hydrogens (tertiary/aromatic N) is 2. The molecule has 8 aromatic rings. The zero-order valence-electron chi connectivity index (χ0n) is 33.9. The number of carbonyl (C=O) groups is 2. The van der Waals surface area contributed by atoms with Gasteiger partial charge in [0.25, 0.3) is 5.91 Å². The van der Waals surface area contributed by atoms with Crippen molar-refractivity contribution in [2.45, 2.75) is 58.4 Å². The average Bonchev–Trinajstić information content (AvgIpc) is 3.80. The molecule has 7 aromatic carbocycles. The van der Waals surface area contributed by atoms with Crippen molar-refractivity contribution < 1.29 is 14.7 Å². The summed E-state index contributed by atoms with van der Waals surface area (Å²) in [7, 11) is 0. The summed E-state index contributed by atoms with van der Waals surface area (Å²) < 4.78 is 2.85. The molecule has 0 atom stereocenters. The number of hydrogen-bond acceptors (Lipinski definition) is 4. The van der Waals surface area contributed by atoms with Crippen molar-refractivity contribution >= 4 is 89.6 Å². The van der Waals surface area contributed by atoms with Crippen LogP contribution in [0.5, 0.6) is 0 Å². The van der Waals surface area contributed by atoms with Crippen molar-refractivity contribution in [2.75, 3.05) is 6.54 Å². The van der Waals surface area contributed by atoms with E-state index in [2.05, 4.69) is 141 Å². The maximum atomic E-state index is 13.5. The molecule has 1 amide bonds. The van der Waals surface area contributed by atoms with Gasteiger partial charge in [-0.3, -0.25) is 14.5 Å². The summed E-state index contributed by atoms with van der Waals surface area (Å²) >= 11 is 6.63. The Morgan fingerprint density at radius 2 is 1.37 bits per heavy atom. The van der Waals surface area contributed by atoms with Crippen LogP contribution in [0.3, 0.4) is 0 Å². The lowest BCUT2D eigenvalue weighted by Gasteiger charge is -2.22. The molecule has 10 rings (SSSR count). The van der Waals surface area contributed by atoms with Gasteiger partial charge in [-0.1, -0.05) is 173 Å². The van der Waals surface area contributed by atoms with Crippen molar-refractivity contribution in [1.29, 1.82) is 0 Å². The van der Waals surface area contributed by atoms with Gasteiger partial charge in [-0.25, -0.2) is 0 Å². The Bertz CT molecular complexity index is 3080. The van der Waals surface area contributed by atoms with Crippen LogP contribution in [0.25, 0.3) is 82.8 Å². The van der Waals surface area contributed by atoms with E-state index in [1.807, 2.05) is 18.2 Å². The monoisotopic (exact) mass is 820 g/mol. The van der Waals surface area contributed by atoms with Crippen LogP contribution in [0.15, 0.2) is 132 Å². The second kappa shape index (κ2) is 14.9. The standard InChI is InChI=1S/C53H44N2O3S2/c1-4-5-6-16-27-54-43-26-25-33(28-40(43)50-44(54)30-42-49(48(50)32-17-8-7-9-18-32)38-23-14-15-24-41(38)53(42,2)3)47-36-21-12-10-19-34(36)39(35-20-11-13-22-37(35)47)29-45-51(58)55(31-46(56)57)52(59)60-45/h7-15,17-26,28-30H,4-6,16,27,31H2,1-3H3,(H,56,57)/b45-29-. The number of thiocarbonyl (C=S) groups is 1. The number of thioether (sulfide) groups is 1. The summed E-state index contributed by atoms with van der Waals surface area (Å²) in [5.41, 5.74) is 13.4. The third-order valence-electron chi connectivity index (χ3n) is 12.7. The number of aliphatic carboxylic acids is 1. The van der Waals surface area contributed by atoms with Crippen molar-refractivity contribution in [1.82, 2.24) is 9.47 Å². The van der Waals surface area contributed by atoms with Crippen LogP contribution in [-0.4, -0.2) is 37.3 Å². The third kappa shape index (κ3) is 6.01. The van der Waals surface area contributed by atoms with Crippen LogP contribution < -0.4 is 0 Å². The highest BCUT2D eigenvalue weighted by molar-refractivity contribution is 8.26. The second-order valence-corrected chi connectivity index (χ2v) is 18.3. The van der Waals surface area contributed by atoms with Gasteiger partial charge in [0.2, 0.25) is 0 Å². The minimum atomic E-state index is -1.10. The molecular weight excluding hydrogens is 777 g/mol. The quantitative estimate of drug-likeness (QED) is 0.0644. The molecule has 1 N–H and O–H groups in total. The zero-order valence-corrected chi connectivity index (χ0v) is 35.6. The molecule has 2 heterocycles. The van der Waals surface area contributed by atoms with Crippen LogP contribution in [0.2, 0.25) is 0 Å². The van der Waals surface area contributed by atoms with Crippen molar-refractivity contribution in [3.8, 4) is 33.4 Å². The number of aryl methyl sites for hydroxylation is 1. The van der Waals surface area contributed by atoms with Crippen LogP contribution in [-0.2, 0) is 21.5 Å². The highest BCUT2D eigenvalue weighted by atomic mass is 32.2. The molecule has 1 aromatic heterocycles. The van der Waals surface area contributed by atoms with Gasteiger partial charge in [0.15, 0.2) is 0 Å². The largest absolute Gasteiger partial charge is 0.480 e. The molecule has 2 aliphatic rings. The molecule has 1 saturated heterocycles. The van der Waals surface area contributed by atoms with E-state index >= 15 is 0 Å². The highest BCUT2D eigenvalue weighted by Gasteiger charge is 2.39. The van der Waals surface area contributed by atoms with Gasteiger partial charge in [0.1, 0.15) is 10.9 Å². The van der Waals surface area contributed by atoms with Gasteiger partial charge < -0.3 is 9.67 Å². The van der Waals surface area contributed by atoms with E-state index in [0.717, 1.165) is 63.0 Å². The molecule has 7 heteroatoms. The van der Waals surface area contributed by atoms with Crippen molar-refractivity contribution in [2.24, 2.45) is 0 Å². The molecule has 1 aliphatic heterocycles. The predicted molar refractivity (Wildman–Crippen MR) is 255 cm³/mol. The fourth-order valence-electron chi connectivity index (χ4n) is 9.94. The summed E-state index contributed by atoms with van der Waals surface area (Å²) in [6, 6.07) is 46.3. The molecule has 0 bridgehead atoms. The van der Waals surface area contributed by atoms with E-state index in [1.54, 1.807) is 0 Å².